The van der Waals surface area contributed by atoms with Crippen LogP contribution in [0.25, 0.3) is 66.8 Å². The van der Waals surface area contributed by atoms with Crippen LogP contribution in [0.3, 0.4) is 0 Å². The Hall–Kier alpha value is -9.96. The molecule has 4 aliphatic carbocycles. The summed E-state index contributed by atoms with van der Waals surface area (Å²) in [4.78, 5) is 0. The van der Waals surface area contributed by atoms with Crippen molar-refractivity contribution in [3.05, 3.63) is 324 Å². The fourth-order valence-electron chi connectivity index (χ4n) is 14.4. The second-order valence-corrected chi connectivity index (χ2v) is 26.0. The van der Waals surface area contributed by atoms with Crippen LogP contribution in [0.2, 0.25) is 0 Å². The highest BCUT2D eigenvalue weighted by molar-refractivity contribution is 5.88. The minimum Gasteiger partial charge on any atom is -0.356 e. The molecule has 0 fully saturated rings. The number of fused-ring (bicyclic) bond motifs is 12. The molecule has 12 aromatic rings. The third kappa shape index (κ3) is 9.82. The van der Waals surface area contributed by atoms with Gasteiger partial charge in [0.05, 0.1) is 0 Å². The van der Waals surface area contributed by atoms with Crippen LogP contribution >= 0.6 is 0 Å². The summed E-state index contributed by atoms with van der Waals surface area (Å²) in [7, 11) is 0. The van der Waals surface area contributed by atoms with Crippen molar-refractivity contribution in [2.45, 2.75) is 77.0 Å². The zero-order valence-corrected chi connectivity index (χ0v) is 51.1. The lowest BCUT2D eigenvalue weighted by molar-refractivity contribution is 0.660. The molecule has 3 N–H and O–H groups in total. The molecule has 0 radical (unpaired) electrons. The molecule has 0 aromatic heterocycles. The molecule has 0 bridgehead atoms. The number of benzene rings is 12. The molecule has 424 valence electrons. The van der Waals surface area contributed by atoms with Gasteiger partial charge >= 0.3 is 0 Å². The Balaban J connectivity index is 0.000000115. The monoisotopic (exact) mass is 1120 g/mol. The summed E-state index contributed by atoms with van der Waals surface area (Å²) < 4.78 is 0. The van der Waals surface area contributed by atoms with Crippen LogP contribution in [0.5, 0.6) is 0 Å². The largest absolute Gasteiger partial charge is 0.356 e. The predicted molar refractivity (Wildman–Crippen MR) is 370 cm³/mol. The zero-order chi connectivity index (χ0) is 59.7. The lowest BCUT2D eigenvalue weighted by atomic mass is 9.81. The summed E-state index contributed by atoms with van der Waals surface area (Å²) in [5.41, 5.74) is 33.9. The predicted octanol–water partition coefficient (Wildman–Crippen LogP) is 22.8. The van der Waals surface area contributed by atoms with E-state index < -0.39 is 0 Å². The second-order valence-electron chi connectivity index (χ2n) is 26.0. The van der Waals surface area contributed by atoms with E-state index in [-0.39, 0.29) is 21.7 Å². The molecule has 87 heavy (non-hydrogen) atoms. The van der Waals surface area contributed by atoms with Crippen molar-refractivity contribution in [3.63, 3.8) is 0 Å². The molecule has 0 aliphatic heterocycles. The standard InChI is InChI=1S/C30H27N.2C27H23N/c1-29(2)25-11-7-5-9-21(25)23-15-13-19(17-27(23)29)31-20-14-16-24-22-10-6-8-12-26(22)30(3,4)28(24)18-20;1-27(2)25-17-20(19-9-5-3-6-10-19)13-15-23(25)24-16-14-22(18-26(24)27)28-21-11-7-4-8-12-21;1-27(2)25-11-7-6-10-23(25)24-17-16-22(18-26(24)27)28-21-14-12-20(13-15-21)19-8-4-3-5-9-19/h5-18,31H,1-4H3;2*3-18,28H,1-2H3. The lowest BCUT2D eigenvalue weighted by Crippen LogP contribution is -2.15. The van der Waals surface area contributed by atoms with Crippen LogP contribution in [0, 0.1) is 0 Å². The maximum atomic E-state index is 3.69. The summed E-state index contributed by atoms with van der Waals surface area (Å²) in [6.07, 6.45) is 0. The maximum Gasteiger partial charge on any atom is 0.0387 e. The third-order valence-corrected chi connectivity index (χ3v) is 19.2. The van der Waals surface area contributed by atoms with Crippen molar-refractivity contribution >= 4 is 34.1 Å². The van der Waals surface area contributed by atoms with E-state index in [4.69, 9.17) is 0 Å². The van der Waals surface area contributed by atoms with Crippen molar-refractivity contribution in [3.8, 4) is 66.8 Å². The summed E-state index contributed by atoms with van der Waals surface area (Å²) in [5, 5.41) is 10.8. The van der Waals surface area contributed by atoms with Gasteiger partial charge in [0.1, 0.15) is 0 Å². The van der Waals surface area contributed by atoms with E-state index in [1.165, 1.54) is 111 Å². The molecule has 3 nitrogen and oxygen atoms in total. The quantitative estimate of drug-likeness (QED) is 0.142. The number of rotatable bonds is 8. The zero-order valence-electron chi connectivity index (χ0n) is 51.1. The van der Waals surface area contributed by atoms with E-state index in [1.54, 1.807) is 0 Å². The molecule has 0 amide bonds. The van der Waals surface area contributed by atoms with Crippen molar-refractivity contribution in [2.75, 3.05) is 16.0 Å². The lowest BCUT2D eigenvalue weighted by Gasteiger charge is -2.23. The van der Waals surface area contributed by atoms with Crippen LogP contribution in [0.15, 0.2) is 279 Å². The summed E-state index contributed by atoms with van der Waals surface area (Å²) in [5.74, 6) is 0. The SMILES string of the molecule is CC1(C)c2cc(Nc3ccccc3)ccc2-c2ccc(-c3ccccc3)cc21.CC1(C)c2ccccc2-c2ccc(Nc3ccc(-c4ccccc4)cc3)cc21.CC1(C)c2ccccc2-c2ccc(Nc3ccc4c(c3)C(C)(C)c3ccccc3-4)cc21. The van der Waals surface area contributed by atoms with Gasteiger partial charge in [-0.1, -0.05) is 256 Å². The van der Waals surface area contributed by atoms with Crippen molar-refractivity contribution in [2.24, 2.45) is 0 Å². The average Bonchev–Trinajstić information content (AvgIpc) is 1.67. The molecule has 12 aromatic carbocycles. The topological polar surface area (TPSA) is 36.1 Å². The summed E-state index contributed by atoms with van der Waals surface area (Å²) in [6.45, 7) is 18.6. The highest BCUT2D eigenvalue weighted by atomic mass is 14.9. The first-order valence-electron chi connectivity index (χ1n) is 30.7. The second kappa shape index (κ2) is 21.5. The van der Waals surface area contributed by atoms with Crippen LogP contribution < -0.4 is 16.0 Å². The first kappa shape index (κ1) is 54.9. The van der Waals surface area contributed by atoms with Gasteiger partial charge in [0.25, 0.3) is 0 Å². The molecule has 3 heteroatoms. The summed E-state index contributed by atoms with van der Waals surface area (Å²) in [6, 6.07) is 101. The Bertz CT molecular complexity index is 4460. The molecule has 0 saturated heterocycles. The molecule has 0 unspecified atom stereocenters. The number of nitrogens with one attached hydrogen (secondary N) is 3. The first-order chi connectivity index (χ1) is 42.1. The van der Waals surface area contributed by atoms with Gasteiger partial charge in [0, 0.05) is 55.8 Å². The molecule has 0 atom stereocenters. The minimum atomic E-state index is -0.0240. The van der Waals surface area contributed by atoms with Gasteiger partial charge in [0.2, 0.25) is 0 Å². The first-order valence-corrected chi connectivity index (χ1v) is 30.7. The fraction of sp³-hybridized carbons (Fsp3) is 0.143. The highest BCUT2D eigenvalue weighted by Crippen LogP contribution is 2.54. The molecule has 0 spiro atoms. The number of hydrogen-bond acceptors (Lipinski definition) is 3. The molecule has 16 rings (SSSR count). The van der Waals surface area contributed by atoms with Gasteiger partial charge < -0.3 is 16.0 Å². The number of para-hydroxylation sites is 1. The van der Waals surface area contributed by atoms with Gasteiger partial charge in [-0.05, 0) is 190 Å². The van der Waals surface area contributed by atoms with Crippen molar-refractivity contribution in [1.29, 1.82) is 0 Å². The van der Waals surface area contributed by atoms with E-state index in [1.807, 2.05) is 12.1 Å². The van der Waals surface area contributed by atoms with Gasteiger partial charge in [-0.15, -0.1) is 0 Å². The minimum absolute atomic E-state index is 0.0190. The van der Waals surface area contributed by atoms with E-state index in [2.05, 4.69) is 338 Å². The van der Waals surface area contributed by atoms with Gasteiger partial charge in [-0.25, -0.2) is 0 Å². The Kier molecular flexibility index (Phi) is 13.6. The van der Waals surface area contributed by atoms with Crippen LogP contribution in [-0.4, -0.2) is 0 Å². The smallest absolute Gasteiger partial charge is 0.0387 e. The molecule has 0 heterocycles. The van der Waals surface area contributed by atoms with E-state index in [9.17, 15) is 0 Å². The van der Waals surface area contributed by atoms with Gasteiger partial charge in [-0.3, -0.25) is 0 Å². The number of anilines is 6. The highest BCUT2D eigenvalue weighted by Gasteiger charge is 2.39. The van der Waals surface area contributed by atoms with Crippen LogP contribution in [0.4, 0.5) is 34.1 Å². The van der Waals surface area contributed by atoms with Gasteiger partial charge in [0.15, 0.2) is 0 Å². The molecular weight excluding hydrogens is 1050 g/mol. The molecular formula is C84H73N3. The van der Waals surface area contributed by atoms with E-state index in [0.29, 0.717) is 0 Å². The van der Waals surface area contributed by atoms with E-state index in [0.717, 1.165) is 34.1 Å². The van der Waals surface area contributed by atoms with E-state index >= 15 is 0 Å². The number of hydrogen-bond donors (Lipinski definition) is 3. The van der Waals surface area contributed by atoms with Crippen molar-refractivity contribution in [1.82, 2.24) is 0 Å². The maximum absolute atomic E-state index is 3.69. The fourth-order valence-corrected chi connectivity index (χ4v) is 14.4. The summed E-state index contributed by atoms with van der Waals surface area (Å²) >= 11 is 0. The normalized spacial score (nSPS) is 14.6. The molecule has 4 aliphatic rings. The van der Waals surface area contributed by atoms with Crippen molar-refractivity contribution < 1.29 is 0 Å². The Morgan fingerprint density at radius 1 is 0.172 bits per heavy atom. The third-order valence-electron chi connectivity index (χ3n) is 19.2. The Morgan fingerprint density at radius 3 is 0.782 bits per heavy atom. The molecule has 0 saturated carbocycles. The Labute approximate surface area is 514 Å². The Morgan fingerprint density at radius 2 is 0.402 bits per heavy atom. The van der Waals surface area contributed by atoms with Crippen LogP contribution in [0.1, 0.15) is 99.9 Å². The average molecular weight is 1120 g/mol. The van der Waals surface area contributed by atoms with Crippen LogP contribution in [-0.2, 0) is 21.7 Å². The van der Waals surface area contributed by atoms with Gasteiger partial charge in [-0.2, -0.15) is 0 Å².